The van der Waals surface area contributed by atoms with Crippen molar-refractivity contribution in [2.24, 2.45) is 5.92 Å². The second-order valence-corrected chi connectivity index (χ2v) is 8.62. The van der Waals surface area contributed by atoms with Gasteiger partial charge in [-0.05, 0) is 45.7 Å². The fourth-order valence-electron chi connectivity index (χ4n) is 2.79. The van der Waals surface area contributed by atoms with Crippen molar-refractivity contribution >= 4 is 29.4 Å². The van der Waals surface area contributed by atoms with Crippen LogP contribution in [0.25, 0.3) is 0 Å². The summed E-state index contributed by atoms with van der Waals surface area (Å²) in [6, 6.07) is 9.76. The smallest absolute Gasteiger partial charge is 0.410 e. The molecule has 0 spiro atoms. The molecular weight excluding hydrogens is 362 g/mol. The Balaban J connectivity index is 1.88. The lowest BCUT2D eigenvalue weighted by Crippen LogP contribution is -2.43. The SMILES string of the molecule is CC(C)(C)OC(=O)N1CCC(C(=O)Nc2ccccc2SCCC#N)CC1. The molecule has 1 aliphatic heterocycles. The van der Waals surface area contributed by atoms with Crippen molar-refractivity contribution in [1.82, 2.24) is 4.90 Å². The Morgan fingerprint density at radius 2 is 1.96 bits per heavy atom. The van der Waals surface area contributed by atoms with E-state index in [-0.39, 0.29) is 17.9 Å². The minimum atomic E-state index is -0.516. The molecule has 1 aromatic carbocycles. The van der Waals surface area contributed by atoms with Gasteiger partial charge in [-0.2, -0.15) is 5.26 Å². The van der Waals surface area contributed by atoms with Gasteiger partial charge in [-0.1, -0.05) is 12.1 Å². The number of hydrogen-bond donors (Lipinski definition) is 1. The van der Waals surface area contributed by atoms with Gasteiger partial charge in [-0.15, -0.1) is 11.8 Å². The monoisotopic (exact) mass is 389 g/mol. The molecule has 2 rings (SSSR count). The first-order valence-electron chi connectivity index (χ1n) is 9.18. The third kappa shape index (κ3) is 6.79. The van der Waals surface area contributed by atoms with Gasteiger partial charge in [-0.25, -0.2) is 4.79 Å². The second kappa shape index (κ2) is 9.65. The fraction of sp³-hybridized carbons (Fsp3) is 0.550. The maximum absolute atomic E-state index is 12.6. The van der Waals surface area contributed by atoms with Crippen LogP contribution >= 0.6 is 11.8 Å². The molecule has 1 N–H and O–H groups in total. The van der Waals surface area contributed by atoms with Gasteiger partial charge < -0.3 is 15.0 Å². The van der Waals surface area contributed by atoms with Crippen LogP contribution in [0, 0.1) is 17.2 Å². The highest BCUT2D eigenvalue weighted by molar-refractivity contribution is 7.99. The number of rotatable bonds is 5. The van der Waals surface area contributed by atoms with E-state index in [0.29, 0.717) is 38.1 Å². The normalized spacial score (nSPS) is 15.1. The Hall–Kier alpha value is -2.20. The molecule has 1 aliphatic rings. The van der Waals surface area contributed by atoms with Crippen molar-refractivity contribution < 1.29 is 14.3 Å². The predicted molar refractivity (Wildman–Crippen MR) is 107 cm³/mol. The number of para-hydroxylation sites is 1. The highest BCUT2D eigenvalue weighted by atomic mass is 32.2. The Kier molecular flexibility index (Phi) is 7.55. The first-order chi connectivity index (χ1) is 12.8. The van der Waals surface area contributed by atoms with Gasteiger partial charge in [-0.3, -0.25) is 4.79 Å². The van der Waals surface area contributed by atoms with Crippen molar-refractivity contribution in [3.05, 3.63) is 24.3 Å². The zero-order valence-corrected chi connectivity index (χ0v) is 17.0. The molecule has 27 heavy (non-hydrogen) atoms. The minimum absolute atomic E-state index is 0.0211. The lowest BCUT2D eigenvalue weighted by atomic mass is 9.96. The highest BCUT2D eigenvalue weighted by Crippen LogP contribution is 2.29. The number of likely N-dealkylation sites (tertiary alicyclic amines) is 1. The van der Waals surface area contributed by atoms with Crippen molar-refractivity contribution in [1.29, 1.82) is 5.26 Å². The van der Waals surface area contributed by atoms with Crippen LogP contribution in [0.5, 0.6) is 0 Å². The first kappa shape index (κ1) is 21.1. The number of ether oxygens (including phenoxy) is 1. The first-order valence-corrected chi connectivity index (χ1v) is 10.2. The van der Waals surface area contributed by atoms with Gasteiger partial charge in [0, 0.05) is 36.1 Å². The zero-order valence-electron chi connectivity index (χ0n) is 16.2. The molecule has 6 nitrogen and oxygen atoms in total. The van der Waals surface area contributed by atoms with Crippen LogP contribution in [0.4, 0.5) is 10.5 Å². The van der Waals surface area contributed by atoms with E-state index in [2.05, 4.69) is 11.4 Å². The third-order valence-electron chi connectivity index (χ3n) is 4.13. The molecule has 0 unspecified atom stereocenters. The van der Waals surface area contributed by atoms with E-state index < -0.39 is 5.60 Å². The van der Waals surface area contributed by atoms with Gasteiger partial charge in [0.05, 0.1) is 11.8 Å². The Morgan fingerprint density at radius 3 is 2.59 bits per heavy atom. The summed E-state index contributed by atoms with van der Waals surface area (Å²) in [7, 11) is 0. The molecule has 2 amide bonds. The molecule has 1 fully saturated rings. The van der Waals surface area contributed by atoms with E-state index in [1.165, 1.54) is 0 Å². The maximum Gasteiger partial charge on any atom is 0.410 e. The van der Waals surface area contributed by atoms with E-state index in [4.69, 9.17) is 10.00 Å². The van der Waals surface area contributed by atoms with Gasteiger partial charge >= 0.3 is 6.09 Å². The van der Waals surface area contributed by atoms with Crippen molar-refractivity contribution in [3.8, 4) is 6.07 Å². The highest BCUT2D eigenvalue weighted by Gasteiger charge is 2.30. The molecule has 0 atom stereocenters. The fourth-order valence-corrected chi connectivity index (χ4v) is 3.65. The van der Waals surface area contributed by atoms with Crippen molar-refractivity contribution in [2.75, 3.05) is 24.2 Å². The Bertz CT molecular complexity index is 701. The van der Waals surface area contributed by atoms with E-state index in [1.54, 1.807) is 16.7 Å². The number of piperidine rings is 1. The van der Waals surface area contributed by atoms with Gasteiger partial charge in [0.2, 0.25) is 5.91 Å². The Labute approximate surface area is 165 Å². The summed E-state index contributed by atoms with van der Waals surface area (Å²) < 4.78 is 5.39. The summed E-state index contributed by atoms with van der Waals surface area (Å²) in [4.78, 5) is 27.4. The summed E-state index contributed by atoms with van der Waals surface area (Å²) >= 11 is 1.56. The lowest BCUT2D eigenvalue weighted by molar-refractivity contribution is -0.121. The average Bonchev–Trinajstić information content (AvgIpc) is 2.62. The number of nitrogens with zero attached hydrogens (tertiary/aromatic N) is 2. The molecule has 1 saturated heterocycles. The number of nitriles is 1. The predicted octanol–water partition coefficient (Wildman–Crippen LogP) is 4.28. The topological polar surface area (TPSA) is 82.4 Å². The Morgan fingerprint density at radius 1 is 1.30 bits per heavy atom. The van der Waals surface area contributed by atoms with Crippen molar-refractivity contribution in [3.63, 3.8) is 0 Å². The molecule has 7 heteroatoms. The number of thioether (sulfide) groups is 1. The van der Waals surface area contributed by atoms with Crippen LogP contribution in [-0.4, -0.2) is 41.3 Å². The molecule has 0 radical (unpaired) electrons. The van der Waals surface area contributed by atoms with Gasteiger partial charge in [0.25, 0.3) is 0 Å². The van der Waals surface area contributed by atoms with E-state index in [9.17, 15) is 9.59 Å². The summed E-state index contributed by atoms with van der Waals surface area (Å²) in [6.45, 7) is 6.57. The summed E-state index contributed by atoms with van der Waals surface area (Å²) in [6.07, 6.45) is 1.39. The molecule has 0 aromatic heterocycles. The quantitative estimate of drug-likeness (QED) is 0.600. The number of benzene rings is 1. The van der Waals surface area contributed by atoms with Crippen LogP contribution in [0.1, 0.15) is 40.0 Å². The molecule has 1 aromatic rings. The van der Waals surface area contributed by atoms with E-state index in [1.807, 2.05) is 45.0 Å². The number of nitrogens with one attached hydrogen (secondary N) is 1. The van der Waals surface area contributed by atoms with Crippen LogP contribution in [0.15, 0.2) is 29.2 Å². The molecule has 146 valence electrons. The van der Waals surface area contributed by atoms with Crippen LogP contribution in [0.2, 0.25) is 0 Å². The van der Waals surface area contributed by atoms with Gasteiger partial charge in [0.15, 0.2) is 0 Å². The average molecular weight is 390 g/mol. The minimum Gasteiger partial charge on any atom is -0.444 e. The zero-order chi connectivity index (χ0) is 19.9. The van der Waals surface area contributed by atoms with Crippen LogP contribution in [-0.2, 0) is 9.53 Å². The van der Waals surface area contributed by atoms with Crippen LogP contribution in [0.3, 0.4) is 0 Å². The molecule has 0 aliphatic carbocycles. The molecule has 0 bridgehead atoms. The van der Waals surface area contributed by atoms with Crippen molar-refractivity contribution in [2.45, 2.75) is 50.5 Å². The summed E-state index contributed by atoms with van der Waals surface area (Å²) in [5, 5.41) is 11.7. The number of amides is 2. The lowest BCUT2D eigenvalue weighted by Gasteiger charge is -2.33. The summed E-state index contributed by atoms with van der Waals surface area (Å²) in [5.74, 6) is 0.547. The second-order valence-electron chi connectivity index (χ2n) is 7.48. The number of carbonyl (C=O) groups is 2. The molecule has 1 heterocycles. The van der Waals surface area contributed by atoms with Crippen LogP contribution < -0.4 is 5.32 Å². The summed E-state index contributed by atoms with van der Waals surface area (Å²) in [5.41, 5.74) is 0.262. The maximum atomic E-state index is 12.6. The van der Waals surface area contributed by atoms with E-state index >= 15 is 0 Å². The largest absolute Gasteiger partial charge is 0.444 e. The number of anilines is 1. The standard InChI is InChI=1S/C20H27N3O3S/c1-20(2,3)26-19(25)23-12-9-15(10-13-23)18(24)22-16-7-4-5-8-17(16)27-14-6-11-21/h4-5,7-8,15H,6,9-10,12-14H2,1-3H3,(H,22,24). The number of hydrogen-bond acceptors (Lipinski definition) is 5. The molecular formula is C20H27N3O3S. The van der Waals surface area contributed by atoms with E-state index in [0.717, 1.165) is 10.6 Å². The number of carbonyl (C=O) groups excluding carboxylic acids is 2. The van der Waals surface area contributed by atoms with Gasteiger partial charge in [0.1, 0.15) is 5.60 Å². The third-order valence-corrected chi connectivity index (χ3v) is 5.21. The molecule has 0 saturated carbocycles.